The summed E-state index contributed by atoms with van der Waals surface area (Å²) in [5.74, 6) is -3.35. The van der Waals surface area contributed by atoms with Gasteiger partial charge in [-0.2, -0.15) is 0 Å². The Kier molecular flexibility index (Phi) is 9.59. The molecule has 4 rings (SSSR count). The van der Waals surface area contributed by atoms with Crippen LogP contribution < -0.4 is 15.8 Å². The van der Waals surface area contributed by atoms with Crippen molar-refractivity contribution in [3.63, 3.8) is 0 Å². The molecule has 2 N–H and O–H groups in total. The number of pyridine rings is 1. The maximum absolute atomic E-state index is 13.3. The number of aromatic nitrogens is 3. The Labute approximate surface area is 270 Å². The van der Waals surface area contributed by atoms with Crippen LogP contribution in [0.5, 0.6) is 0 Å². The third-order valence-corrected chi connectivity index (χ3v) is 6.36. The van der Waals surface area contributed by atoms with Gasteiger partial charge in [0.2, 0.25) is 5.95 Å². The summed E-state index contributed by atoms with van der Waals surface area (Å²) < 4.78 is 10.8. The number of esters is 2. The molecule has 0 saturated heterocycles. The van der Waals surface area contributed by atoms with Crippen molar-refractivity contribution in [3.8, 4) is 0 Å². The number of nitrogens with zero attached hydrogens (tertiary/aromatic N) is 5. The number of hydrogen-bond donors (Lipinski definition) is 2. The molecule has 0 unspecified atom stereocenters. The summed E-state index contributed by atoms with van der Waals surface area (Å²) in [6.45, 7) is 10.2. The zero-order chi connectivity index (χ0) is 34.8. The zero-order valence-corrected chi connectivity index (χ0v) is 27.5. The van der Waals surface area contributed by atoms with Gasteiger partial charge in [-0.25, -0.2) is 24.7 Å². The van der Waals surface area contributed by atoms with Gasteiger partial charge in [0.15, 0.2) is 5.52 Å². The first-order valence-corrected chi connectivity index (χ1v) is 14.7. The summed E-state index contributed by atoms with van der Waals surface area (Å²) in [5, 5.41) is 2.61. The summed E-state index contributed by atoms with van der Waals surface area (Å²) in [6.07, 6.45) is 1.23. The molecule has 1 aliphatic rings. The highest BCUT2D eigenvalue weighted by Crippen LogP contribution is 2.29. The topological polar surface area (TPSA) is 193 Å². The Bertz CT molecular complexity index is 1830. The van der Waals surface area contributed by atoms with E-state index in [4.69, 9.17) is 9.47 Å². The van der Waals surface area contributed by atoms with Crippen LogP contribution in [0.2, 0.25) is 0 Å². The molecule has 3 heterocycles. The Balaban J connectivity index is 1.54. The highest BCUT2D eigenvalue weighted by Gasteiger charge is 2.39. The molecule has 3 amide bonds. The van der Waals surface area contributed by atoms with Crippen molar-refractivity contribution < 1.29 is 33.4 Å². The van der Waals surface area contributed by atoms with Crippen LogP contribution in [0.15, 0.2) is 40.1 Å². The lowest BCUT2D eigenvalue weighted by Gasteiger charge is -2.25. The van der Waals surface area contributed by atoms with Gasteiger partial charge in [0.05, 0.1) is 23.1 Å². The van der Waals surface area contributed by atoms with E-state index in [9.17, 15) is 28.8 Å². The van der Waals surface area contributed by atoms with Gasteiger partial charge in [-0.3, -0.25) is 29.0 Å². The molecular formula is C32H37N7O8. The monoisotopic (exact) mass is 647 g/mol. The highest BCUT2D eigenvalue weighted by molar-refractivity contribution is 6.34. The molecule has 47 heavy (non-hydrogen) atoms. The normalized spacial score (nSPS) is 13.9. The van der Waals surface area contributed by atoms with Crippen LogP contribution >= 0.6 is 0 Å². The van der Waals surface area contributed by atoms with E-state index < -0.39 is 52.5 Å². The highest BCUT2D eigenvalue weighted by atomic mass is 16.6. The predicted molar refractivity (Wildman–Crippen MR) is 172 cm³/mol. The minimum Gasteiger partial charge on any atom is -0.460 e. The average molecular weight is 648 g/mol. The molecule has 1 aliphatic heterocycles. The summed E-state index contributed by atoms with van der Waals surface area (Å²) in [7, 11) is 3.48. The van der Waals surface area contributed by atoms with E-state index in [1.54, 1.807) is 60.5 Å². The van der Waals surface area contributed by atoms with E-state index in [0.717, 1.165) is 4.90 Å². The smallest absolute Gasteiger partial charge is 0.329 e. The molecular weight excluding hydrogens is 610 g/mol. The molecule has 0 aliphatic carbocycles. The lowest BCUT2D eigenvalue weighted by molar-refractivity contribution is -0.158. The van der Waals surface area contributed by atoms with E-state index in [1.165, 1.54) is 36.7 Å². The summed E-state index contributed by atoms with van der Waals surface area (Å²) in [4.78, 5) is 95.1. The SMILES string of the molecule is CN(C)/C=N/c1nc2cc3c(nc2c(=O)[nH]1)C(=O)N(c1ccc(C(=O)N[C@@H](CCC(=O)OC(C)(C)C)C(=O)OC(C)(C)C)cc1)C3=O. The number of H-pyrrole nitrogens is 1. The van der Waals surface area contributed by atoms with Gasteiger partial charge < -0.3 is 19.7 Å². The van der Waals surface area contributed by atoms with E-state index in [2.05, 4.69) is 25.3 Å². The lowest BCUT2D eigenvalue weighted by Crippen LogP contribution is -2.44. The van der Waals surface area contributed by atoms with Crippen molar-refractivity contribution in [2.45, 2.75) is 71.6 Å². The fraction of sp³-hybridized carbons (Fsp3) is 0.406. The van der Waals surface area contributed by atoms with Crippen LogP contribution in [0.25, 0.3) is 11.0 Å². The second-order valence-electron chi connectivity index (χ2n) is 13.0. The second-order valence-corrected chi connectivity index (χ2v) is 13.0. The number of imide groups is 1. The van der Waals surface area contributed by atoms with E-state index >= 15 is 0 Å². The Morgan fingerprint density at radius 2 is 1.62 bits per heavy atom. The molecule has 0 spiro atoms. The van der Waals surface area contributed by atoms with Gasteiger partial charge in [0.25, 0.3) is 23.3 Å². The van der Waals surface area contributed by atoms with Gasteiger partial charge in [-0.05, 0) is 78.3 Å². The molecule has 1 aromatic carbocycles. The fourth-order valence-corrected chi connectivity index (χ4v) is 4.45. The van der Waals surface area contributed by atoms with Crippen LogP contribution in [-0.4, -0.2) is 87.2 Å². The number of carbonyl (C=O) groups excluding carboxylic acids is 5. The molecule has 0 fully saturated rings. The molecule has 1 atom stereocenters. The molecule has 0 saturated carbocycles. The number of hydrogen-bond acceptors (Lipinski definition) is 11. The van der Waals surface area contributed by atoms with Crippen molar-refractivity contribution in [3.05, 3.63) is 57.5 Å². The lowest BCUT2D eigenvalue weighted by atomic mass is 10.1. The second kappa shape index (κ2) is 13.1. The summed E-state index contributed by atoms with van der Waals surface area (Å²) in [5.41, 5.74) is -2.24. The van der Waals surface area contributed by atoms with Crippen LogP contribution in [0, 0.1) is 0 Å². The van der Waals surface area contributed by atoms with Gasteiger partial charge >= 0.3 is 11.9 Å². The first kappa shape index (κ1) is 34.4. The maximum Gasteiger partial charge on any atom is 0.329 e. The largest absolute Gasteiger partial charge is 0.460 e. The first-order valence-electron chi connectivity index (χ1n) is 14.7. The van der Waals surface area contributed by atoms with Crippen LogP contribution in [0.4, 0.5) is 11.6 Å². The molecule has 0 bridgehead atoms. The minimum atomic E-state index is -1.16. The van der Waals surface area contributed by atoms with Crippen molar-refractivity contribution in [2.75, 3.05) is 19.0 Å². The molecule has 3 aromatic rings. The Morgan fingerprint density at radius 3 is 2.21 bits per heavy atom. The third-order valence-electron chi connectivity index (χ3n) is 6.36. The van der Waals surface area contributed by atoms with Crippen LogP contribution in [-0.2, 0) is 19.1 Å². The number of rotatable bonds is 9. The number of amides is 3. The van der Waals surface area contributed by atoms with Crippen LogP contribution in [0.3, 0.4) is 0 Å². The third kappa shape index (κ3) is 8.42. The first-order chi connectivity index (χ1) is 21.8. The number of nitrogens with one attached hydrogen (secondary N) is 2. The van der Waals surface area contributed by atoms with Gasteiger partial charge in [0, 0.05) is 26.1 Å². The van der Waals surface area contributed by atoms with Gasteiger partial charge in [-0.1, -0.05) is 0 Å². The van der Waals surface area contributed by atoms with Crippen molar-refractivity contribution >= 4 is 58.7 Å². The van der Waals surface area contributed by atoms with E-state index in [-0.39, 0.29) is 52.3 Å². The average Bonchev–Trinajstić information content (AvgIpc) is 3.19. The number of carbonyl (C=O) groups is 5. The summed E-state index contributed by atoms with van der Waals surface area (Å²) >= 11 is 0. The van der Waals surface area contributed by atoms with Crippen molar-refractivity contribution in [1.82, 2.24) is 25.2 Å². The number of ether oxygens (including phenoxy) is 2. The van der Waals surface area contributed by atoms with Crippen molar-refractivity contribution in [1.29, 1.82) is 0 Å². The quantitative estimate of drug-likeness (QED) is 0.150. The van der Waals surface area contributed by atoms with Gasteiger partial charge in [0.1, 0.15) is 22.9 Å². The standard InChI is InChI=1S/C32H37N7O8/c1-31(2,3)46-22(40)14-13-20(29(45)47-32(4,5)6)34-25(41)17-9-11-18(12-10-17)39-27(43)19-15-21-24(36-23(19)28(39)44)26(42)37-30(35-21)33-16-38(7)8/h9-12,15-16,20H,13-14H2,1-8H3,(H,34,41)(H,35,37,42)/b33-16+/t20-/m0/s1. The number of benzene rings is 1. The number of anilines is 1. The number of aromatic amines is 1. The molecule has 15 heteroatoms. The Hall–Kier alpha value is -5.47. The molecule has 248 valence electrons. The van der Waals surface area contributed by atoms with Crippen molar-refractivity contribution in [2.24, 2.45) is 4.99 Å². The fourth-order valence-electron chi connectivity index (χ4n) is 4.45. The number of fused-ring (bicyclic) bond motifs is 2. The predicted octanol–water partition coefficient (Wildman–Crippen LogP) is 2.90. The molecule has 2 aromatic heterocycles. The van der Waals surface area contributed by atoms with Gasteiger partial charge in [-0.15, -0.1) is 0 Å². The minimum absolute atomic E-state index is 0.000748. The zero-order valence-electron chi connectivity index (χ0n) is 27.5. The number of aliphatic imine (C=N–C) groups is 1. The Morgan fingerprint density at radius 1 is 0.979 bits per heavy atom. The summed E-state index contributed by atoms with van der Waals surface area (Å²) in [6, 6.07) is 5.68. The van der Waals surface area contributed by atoms with Crippen LogP contribution in [0.1, 0.15) is 85.6 Å². The van der Waals surface area contributed by atoms with E-state index in [1.807, 2.05) is 0 Å². The molecule has 15 nitrogen and oxygen atoms in total. The van der Waals surface area contributed by atoms with E-state index in [0.29, 0.717) is 0 Å². The molecule has 0 radical (unpaired) electrons. The maximum atomic E-state index is 13.3.